The average Bonchev–Trinajstić information content (AvgIpc) is 2.92. The Hall–Kier alpha value is -3.65. The number of methoxy groups -OCH3 is 3. The van der Waals surface area contributed by atoms with Crippen molar-refractivity contribution in [3.8, 4) is 28.7 Å². The summed E-state index contributed by atoms with van der Waals surface area (Å²) in [4.78, 5) is 2.16. The van der Waals surface area contributed by atoms with E-state index in [1.807, 2.05) is 67.6 Å². The van der Waals surface area contributed by atoms with Gasteiger partial charge in [0.15, 0.2) is 28.1 Å². The van der Waals surface area contributed by atoms with E-state index in [1.165, 1.54) is 5.56 Å². The van der Waals surface area contributed by atoms with Crippen LogP contribution in [0.3, 0.4) is 0 Å². The van der Waals surface area contributed by atoms with E-state index in [9.17, 15) is 0 Å². The van der Waals surface area contributed by atoms with Crippen molar-refractivity contribution >= 4 is 23.0 Å². The summed E-state index contributed by atoms with van der Waals surface area (Å²) < 4.78 is 28.5. The van der Waals surface area contributed by atoms with Gasteiger partial charge in [-0.25, -0.2) is 0 Å². The summed E-state index contributed by atoms with van der Waals surface area (Å²) in [6.45, 7) is 3.69. The Morgan fingerprint density at radius 1 is 0.889 bits per heavy atom. The van der Waals surface area contributed by atoms with Crippen LogP contribution in [0.2, 0.25) is 0 Å². The second-order valence-electron chi connectivity index (χ2n) is 8.21. The van der Waals surface area contributed by atoms with Gasteiger partial charge in [-0.15, -0.1) is 0 Å². The summed E-state index contributed by atoms with van der Waals surface area (Å²) in [6, 6.07) is 19.3. The summed E-state index contributed by atoms with van der Waals surface area (Å²) in [5.74, 6) is 3.57. The van der Waals surface area contributed by atoms with Crippen LogP contribution in [0.15, 0.2) is 60.7 Å². The van der Waals surface area contributed by atoms with Gasteiger partial charge in [0, 0.05) is 12.2 Å². The predicted octanol–water partition coefficient (Wildman–Crippen LogP) is 5.49. The maximum Gasteiger partial charge on any atom is 0.174 e. The molecule has 0 aliphatic carbocycles. The van der Waals surface area contributed by atoms with Gasteiger partial charge in [0.25, 0.3) is 0 Å². The molecule has 36 heavy (non-hydrogen) atoms. The fraction of sp³-hybridized carbons (Fsp3) is 0.321. The van der Waals surface area contributed by atoms with Gasteiger partial charge in [0.05, 0.1) is 34.0 Å². The number of para-hydroxylation sites is 2. The summed E-state index contributed by atoms with van der Waals surface area (Å²) in [5.41, 5.74) is 3.16. The first-order valence-electron chi connectivity index (χ1n) is 11.9. The molecule has 190 valence electrons. The van der Waals surface area contributed by atoms with Gasteiger partial charge < -0.3 is 33.9 Å². The Labute approximate surface area is 217 Å². The summed E-state index contributed by atoms with van der Waals surface area (Å²) >= 11 is 5.88. The largest absolute Gasteiger partial charge is 0.494 e. The molecule has 0 aromatic heterocycles. The number of fused-ring (bicyclic) bond motifs is 1. The third-order valence-corrected chi connectivity index (χ3v) is 6.48. The molecule has 0 fully saturated rings. The quantitative estimate of drug-likeness (QED) is 0.381. The Balaban J connectivity index is 1.62. The number of rotatable bonds is 9. The minimum absolute atomic E-state index is 0.152. The molecule has 0 unspecified atom stereocenters. The first kappa shape index (κ1) is 25.4. The molecule has 1 aliphatic rings. The van der Waals surface area contributed by atoms with E-state index >= 15 is 0 Å². The molecule has 3 aromatic carbocycles. The van der Waals surface area contributed by atoms with Gasteiger partial charge in [-0.05, 0) is 85.2 Å². The Bertz CT molecular complexity index is 1190. The van der Waals surface area contributed by atoms with Crippen molar-refractivity contribution in [2.24, 2.45) is 0 Å². The highest BCUT2D eigenvalue weighted by molar-refractivity contribution is 7.80. The first-order chi connectivity index (χ1) is 17.6. The summed E-state index contributed by atoms with van der Waals surface area (Å²) in [5, 5.41) is 4.00. The molecule has 0 spiro atoms. The van der Waals surface area contributed by atoms with Gasteiger partial charge in [-0.2, -0.15) is 0 Å². The fourth-order valence-electron chi connectivity index (χ4n) is 4.35. The number of nitrogens with zero attached hydrogens (tertiary/aromatic N) is 1. The number of hydrogen-bond acceptors (Lipinski definition) is 6. The van der Waals surface area contributed by atoms with Gasteiger partial charge in [-0.1, -0.05) is 12.1 Å². The Morgan fingerprint density at radius 3 is 2.22 bits per heavy atom. The van der Waals surface area contributed by atoms with Crippen LogP contribution in [-0.2, 0) is 6.42 Å². The van der Waals surface area contributed by atoms with Crippen LogP contribution in [0.1, 0.15) is 24.1 Å². The molecule has 0 saturated carbocycles. The maximum absolute atomic E-state index is 6.29. The third kappa shape index (κ3) is 5.60. The zero-order valence-electron chi connectivity index (χ0n) is 21.1. The van der Waals surface area contributed by atoms with E-state index in [2.05, 4.69) is 10.2 Å². The maximum atomic E-state index is 6.29. The molecule has 1 atom stereocenters. The van der Waals surface area contributed by atoms with Crippen LogP contribution in [0.4, 0.5) is 5.69 Å². The molecule has 0 bridgehead atoms. The topological polar surface area (TPSA) is 61.4 Å². The average molecular weight is 509 g/mol. The SMILES string of the molecule is CCOc1ccc(NC(=S)N2CCc3cc(OC)c(OC)cc3[C@@H]2COc2ccccc2OC)cc1. The van der Waals surface area contributed by atoms with E-state index in [-0.39, 0.29) is 6.04 Å². The summed E-state index contributed by atoms with van der Waals surface area (Å²) in [7, 11) is 4.93. The highest BCUT2D eigenvalue weighted by atomic mass is 32.1. The zero-order valence-corrected chi connectivity index (χ0v) is 21.9. The summed E-state index contributed by atoms with van der Waals surface area (Å²) in [6.07, 6.45) is 0.811. The number of nitrogens with one attached hydrogen (secondary N) is 1. The minimum Gasteiger partial charge on any atom is -0.494 e. The minimum atomic E-state index is -0.152. The van der Waals surface area contributed by atoms with Gasteiger partial charge >= 0.3 is 0 Å². The Morgan fingerprint density at radius 2 is 1.56 bits per heavy atom. The number of hydrogen-bond donors (Lipinski definition) is 1. The molecule has 7 nitrogen and oxygen atoms in total. The normalized spacial score (nSPS) is 14.4. The van der Waals surface area contributed by atoms with Crippen molar-refractivity contribution in [3.05, 3.63) is 71.8 Å². The zero-order chi connectivity index (χ0) is 25.5. The smallest absolute Gasteiger partial charge is 0.174 e. The lowest BCUT2D eigenvalue weighted by atomic mass is 9.92. The molecule has 0 radical (unpaired) electrons. The molecule has 1 aliphatic heterocycles. The molecule has 3 aromatic rings. The number of ether oxygens (including phenoxy) is 5. The fourth-order valence-corrected chi connectivity index (χ4v) is 4.69. The van der Waals surface area contributed by atoms with Crippen molar-refractivity contribution in [1.29, 1.82) is 0 Å². The van der Waals surface area contributed by atoms with Gasteiger partial charge in [-0.3, -0.25) is 0 Å². The highest BCUT2D eigenvalue weighted by Gasteiger charge is 2.31. The van der Waals surface area contributed by atoms with Crippen molar-refractivity contribution < 1.29 is 23.7 Å². The van der Waals surface area contributed by atoms with E-state index in [1.54, 1.807) is 21.3 Å². The number of thiocarbonyl (C=S) groups is 1. The van der Waals surface area contributed by atoms with E-state index in [0.717, 1.165) is 30.0 Å². The predicted molar refractivity (Wildman–Crippen MR) is 145 cm³/mol. The van der Waals surface area contributed by atoms with Gasteiger partial charge in [0.1, 0.15) is 12.4 Å². The third-order valence-electron chi connectivity index (χ3n) is 6.15. The van der Waals surface area contributed by atoms with E-state index in [4.69, 9.17) is 35.9 Å². The second kappa shape index (κ2) is 11.9. The molecule has 0 amide bonds. The highest BCUT2D eigenvalue weighted by Crippen LogP contribution is 2.39. The molecular formula is C28H32N2O5S. The van der Waals surface area contributed by atoms with Crippen molar-refractivity contribution in [3.63, 3.8) is 0 Å². The Kier molecular flexibility index (Phi) is 8.38. The molecular weight excluding hydrogens is 476 g/mol. The van der Waals surface area contributed by atoms with Crippen LogP contribution in [-0.4, -0.2) is 51.1 Å². The molecule has 4 rings (SSSR count). The molecule has 8 heteroatoms. The van der Waals surface area contributed by atoms with Gasteiger partial charge in [0.2, 0.25) is 0 Å². The number of anilines is 1. The standard InChI is InChI=1S/C28H32N2O5S/c1-5-34-21-12-10-20(11-13-21)29-28(36)30-15-14-19-16-26(32-3)27(33-4)17-22(19)23(30)18-35-25-9-7-6-8-24(25)31-2/h6-13,16-17,23H,5,14-15,18H2,1-4H3,(H,29,36)/t23-/m0/s1. The van der Waals surface area contributed by atoms with Crippen molar-refractivity contribution in [2.45, 2.75) is 19.4 Å². The van der Waals surface area contributed by atoms with E-state index in [0.29, 0.717) is 41.3 Å². The molecule has 1 N–H and O–H groups in total. The lowest BCUT2D eigenvalue weighted by Gasteiger charge is -2.39. The monoisotopic (exact) mass is 508 g/mol. The van der Waals surface area contributed by atoms with Crippen molar-refractivity contribution in [1.82, 2.24) is 4.90 Å². The lowest BCUT2D eigenvalue weighted by molar-refractivity contribution is 0.185. The second-order valence-corrected chi connectivity index (χ2v) is 8.60. The first-order valence-corrected chi connectivity index (χ1v) is 12.3. The lowest BCUT2D eigenvalue weighted by Crippen LogP contribution is -2.44. The van der Waals surface area contributed by atoms with Crippen LogP contribution < -0.4 is 29.0 Å². The molecule has 1 heterocycles. The van der Waals surface area contributed by atoms with Crippen LogP contribution in [0.25, 0.3) is 0 Å². The molecule has 0 saturated heterocycles. The van der Waals surface area contributed by atoms with Crippen molar-refractivity contribution in [2.75, 3.05) is 46.4 Å². The van der Waals surface area contributed by atoms with Crippen LogP contribution in [0, 0.1) is 0 Å². The van der Waals surface area contributed by atoms with E-state index < -0.39 is 0 Å². The van der Waals surface area contributed by atoms with Crippen LogP contribution in [0.5, 0.6) is 28.7 Å². The van der Waals surface area contributed by atoms with Crippen LogP contribution >= 0.6 is 12.2 Å². The number of benzene rings is 3.